The summed E-state index contributed by atoms with van der Waals surface area (Å²) in [6.45, 7) is 0.436. The number of amides is 2. The van der Waals surface area contributed by atoms with Crippen molar-refractivity contribution >= 4 is 17.5 Å². The molecule has 20 heavy (non-hydrogen) atoms. The van der Waals surface area contributed by atoms with Crippen molar-refractivity contribution in [3.05, 3.63) is 66.2 Å². The van der Waals surface area contributed by atoms with E-state index in [-0.39, 0.29) is 0 Å². The minimum absolute atomic E-state index is 0.436. The van der Waals surface area contributed by atoms with Crippen LogP contribution in [0, 0.1) is 0 Å². The summed E-state index contributed by atoms with van der Waals surface area (Å²) < 4.78 is 0. The molecule has 2 aromatic rings. The second-order valence-electron chi connectivity index (χ2n) is 4.31. The zero-order chi connectivity index (χ0) is 14.2. The molecule has 4 nitrogen and oxygen atoms in total. The van der Waals surface area contributed by atoms with Crippen molar-refractivity contribution in [2.45, 2.75) is 6.42 Å². The largest absolute Gasteiger partial charge is 0.347 e. The van der Waals surface area contributed by atoms with Gasteiger partial charge in [-0.05, 0) is 24.1 Å². The first-order valence-electron chi connectivity index (χ1n) is 6.44. The average molecular weight is 268 g/mol. The van der Waals surface area contributed by atoms with Crippen LogP contribution in [0.5, 0.6) is 0 Å². The van der Waals surface area contributed by atoms with Crippen LogP contribution in [0.25, 0.3) is 0 Å². The molecule has 2 rings (SSSR count). The maximum atomic E-state index is 11.6. The molecule has 0 heterocycles. The molecule has 0 saturated carbocycles. The van der Waals surface area contributed by atoms with Gasteiger partial charge >= 0.3 is 11.8 Å². The number of benzene rings is 2. The molecule has 0 bridgehead atoms. The SMILES string of the molecule is O=C(NCCc1ccccc1)C(=O)Nc1ccccc1. The molecule has 2 aromatic carbocycles. The molecule has 0 atom stereocenters. The van der Waals surface area contributed by atoms with Crippen molar-refractivity contribution in [1.82, 2.24) is 5.32 Å². The van der Waals surface area contributed by atoms with Crippen LogP contribution in [-0.4, -0.2) is 18.4 Å². The third kappa shape index (κ3) is 4.24. The zero-order valence-corrected chi connectivity index (χ0v) is 11.0. The Balaban J connectivity index is 1.76. The summed E-state index contributed by atoms with van der Waals surface area (Å²) in [6, 6.07) is 18.7. The van der Waals surface area contributed by atoms with Crippen molar-refractivity contribution in [2.75, 3.05) is 11.9 Å². The minimum Gasteiger partial charge on any atom is -0.347 e. The third-order valence-electron chi connectivity index (χ3n) is 2.78. The number of carbonyl (C=O) groups is 2. The van der Waals surface area contributed by atoms with Gasteiger partial charge in [-0.15, -0.1) is 0 Å². The number of para-hydroxylation sites is 1. The molecule has 102 valence electrons. The highest BCUT2D eigenvalue weighted by molar-refractivity contribution is 6.39. The second-order valence-corrected chi connectivity index (χ2v) is 4.31. The van der Waals surface area contributed by atoms with Crippen LogP contribution in [0.15, 0.2) is 60.7 Å². The van der Waals surface area contributed by atoms with Gasteiger partial charge in [0.25, 0.3) is 0 Å². The third-order valence-corrected chi connectivity index (χ3v) is 2.78. The summed E-state index contributed by atoms with van der Waals surface area (Å²) >= 11 is 0. The summed E-state index contributed by atoms with van der Waals surface area (Å²) in [5, 5.41) is 5.14. The van der Waals surface area contributed by atoms with Crippen LogP contribution >= 0.6 is 0 Å². The highest BCUT2D eigenvalue weighted by Gasteiger charge is 2.12. The fourth-order valence-corrected chi connectivity index (χ4v) is 1.75. The molecule has 2 amide bonds. The van der Waals surface area contributed by atoms with Crippen molar-refractivity contribution in [3.8, 4) is 0 Å². The Kier molecular flexibility index (Phi) is 4.89. The van der Waals surface area contributed by atoms with E-state index in [9.17, 15) is 9.59 Å². The van der Waals surface area contributed by atoms with Gasteiger partial charge in [0.05, 0.1) is 0 Å². The second kappa shape index (κ2) is 7.09. The predicted molar refractivity (Wildman–Crippen MR) is 78.2 cm³/mol. The molecule has 2 N–H and O–H groups in total. The van der Waals surface area contributed by atoms with E-state index >= 15 is 0 Å². The number of hydrogen-bond donors (Lipinski definition) is 2. The van der Waals surface area contributed by atoms with Crippen molar-refractivity contribution < 1.29 is 9.59 Å². The minimum atomic E-state index is -0.649. The smallest absolute Gasteiger partial charge is 0.313 e. The Morgan fingerprint density at radius 1 is 0.800 bits per heavy atom. The van der Waals surface area contributed by atoms with Crippen LogP contribution in [0.4, 0.5) is 5.69 Å². The van der Waals surface area contributed by atoms with E-state index in [1.165, 1.54) is 0 Å². The molecule has 0 radical (unpaired) electrons. The molecule has 4 heteroatoms. The van der Waals surface area contributed by atoms with E-state index in [1.807, 2.05) is 36.4 Å². The Morgan fingerprint density at radius 2 is 1.40 bits per heavy atom. The molecule has 0 fully saturated rings. The Labute approximate surface area is 117 Å². The van der Waals surface area contributed by atoms with Crippen LogP contribution in [0.1, 0.15) is 5.56 Å². The molecule has 0 aliphatic rings. The fourth-order valence-electron chi connectivity index (χ4n) is 1.75. The van der Waals surface area contributed by atoms with Crippen LogP contribution < -0.4 is 10.6 Å². The van der Waals surface area contributed by atoms with Crippen molar-refractivity contribution in [3.63, 3.8) is 0 Å². The lowest BCUT2D eigenvalue weighted by Crippen LogP contribution is -2.36. The van der Waals surface area contributed by atoms with E-state index in [0.717, 1.165) is 5.56 Å². The van der Waals surface area contributed by atoms with Gasteiger partial charge in [-0.3, -0.25) is 9.59 Å². The normalized spacial score (nSPS) is 9.80. The van der Waals surface area contributed by atoms with Crippen molar-refractivity contribution in [1.29, 1.82) is 0 Å². The first-order valence-corrected chi connectivity index (χ1v) is 6.44. The van der Waals surface area contributed by atoms with Gasteiger partial charge in [-0.2, -0.15) is 0 Å². The van der Waals surface area contributed by atoms with E-state index in [2.05, 4.69) is 10.6 Å². The number of hydrogen-bond acceptors (Lipinski definition) is 2. The van der Waals surface area contributed by atoms with Crippen molar-refractivity contribution in [2.24, 2.45) is 0 Å². The zero-order valence-electron chi connectivity index (χ0n) is 11.0. The number of carbonyl (C=O) groups excluding carboxylic acids is 2. The lowest BCUT2D eigenvalue weighted by molar-refractivity contribution is -0.136. The summed E-state index contributed by atoms with van der Waals surface area (Å²) in [6.07, 6.45) is 0.700. The van der Waals surface area contributed by atoms with E-state index in [0.29, 0.717) is 18.7 Å². The first-order chi connectivity index (χ1) is 9.75. The maximum absolute atomic E-state index is 11.6. The van der Waals surface area contributed by atoms with Gasteiger partial charge in [0.1, 0.15) is 0 Å². The number of anilines is 1. The lowest BCUT2D eigenvalue weighted by Gasteiger charge is -2.06. The van der Waals surface area contributed by atoms with Crippen LogP contribution in [0.2, 0.25) is 0 Å². The van der Waals surface area contributed by atoms with Gasteiger partial charge in [0, 0.05) is 12.2 Å². The molecule has 0 aromatic heterocycles. The Bertz CT molecular complexity index is 568. The highest BCUT2D eigenvalue weighted by atomic mass is 16.2. The molecular formula is C16H16N2O2. The standard InChI is InChI=1S/C16H16N2O2/c19-15(16(20)18-14-9-5-2-6-10-14)17-12-11-13-7-3-1-4-8-13/h1-10H,11-12H2,(H,17,19)(H,18,20). The Hall–Kier alpha value is -2.62. The molecule has 0 spiro atoms. The molecule has 0 aliphatic heterocycles. The van der Waals surface area contributed by atoms with Gasteiger partial charge in [0.2, 0.25) is 0 Å². The van der Waals surface area contributed by atoms with E-state index < -0.39 is 11.8 Å². The maximum Gasteiger partial charge on any atom is 0.313 e. The van der Waals surface area contributed by atoms with Crippen LogP contribution in [0.3, 0.4) is 0 Å². The number of rotatable bonds is 4. The average Bonchev–Trinajstić information content (AvgIpc) is 2.49. The summed E-state index contributed by atoms with van der Waals surface area (Å²) in [5.41, 5.74) is 1.73. The lowest BCUT2D eigenvalue weighted by atomic mass is 10.1. The van der Waals surface area contributed by atoms with Gasteiger partial charge in [0.15, 0.2) is 0 Å². The first kappa shape index (κ1) is 13.8. The number of nitrogens with one attached hydrogen (secondary N) is 2. The van der Waals surface area contributed by atoms with Crippen LogP contribution in [-0.2, 0) is 16.0 Å². The van der Waals surface area contributed by atoms with Gasteiger partial charge < -0.3 is 10.6 Å². The monoisotopic (exact) mass is 268 g/mol. The van der Waals surface area contributed by atoms with Gasteiger partial charge in [-0.1, -0.05) is 48.5 Å². The van der Waals surface area contributed by atoms with Gasteiger partial charge in [-0.25, -0.2) is 0 Å². The Morgan fingerprint density at radius 3 is 2.05 bits per heavy atom. The molecule has 0 aliphatic carbocycles. The molecule has 0 unspecified atom stereocenters. The summed E-state index contributed by atoms with van der Waals surface area (Å²) in [7, 11) is 0. The van der Waals surface area contributed by atoms with E-state index in [1.54, 1.807) is 24.3 Å². The molecular weight excluding hydrogens is 252 g/mol. The fraction of sp³-hybridized carbons (Fsp3) is 0.125. The predicted octanol–water partition coefficient (Wildman–Crippen LogP) is 1.98. The molecule has 0 saturated heterocycles. The van der Waals surface area contributed by atoms with E-state index in [4.69, 9.17) is 0 Å². The summed E-state index contributed by atoms with van der Waals surface area (Å²) in [4.78, 5) is 23.2. The quantitative estimate of drug-likeness (QED) is 0.833. The topological polar surface area (TPSA) is 58.2 Å². The highest BCUT2D eigenvalue weighted by Crippen LogP contribution is 2.04. The summed E-state index contributed by atoms with van der Waals surface area (Å²) in [5.74, 6) is -1.27.